The smallest absolute Gasteiger partial charge is 0.340 e. The first-order chi connectivity index (χ1) is 13.3. The predicted octanol–water partition coefficient (Wildman–Crippen LogP) is 4.11. The molecule has 0 spiro atoms. The van der Waals surface area contributed by atoms with Crippen molar-refractivity contribution in [1.82, 2.24) is 14.7 Å². The number of carbonyl (C=O) groups is 1. The van der Waals surface area contributed by atoms with E-state index in [4.69, 9.17) is 0 Å². The highest BCUT2D eigenvalue weighted by Crippen LogP contribution is 2.36. The highest BCUT2D eigenvalue weighted by molar-refractivity contribution is 5.76. The van der Waals surface area contributed by atoms with E-state index in [9.17, 15) is 18.0 Å². The Morgan fingerprint density at radius 3 is 2.61 bits per heavy atom. The average Bonchev–Trinajstić information content (AvgIpc) is 3.28. The summed E-state index contributed by atoms with van der Waals surface area (Å²) in [6, 6.07) is 8.31. The number of aromatic nitrogens is 2. The quantitative estimate of drug-likeness (QED) is 0.790. The van der Waals surface area contributed by atoms with Crippen LogP contribution in [-0.2, 0) is 30.4 Å². The van der Waals surface area contributed by atoms with Crippen LogP contribution in [0.2, 0.25) is 0 Å². The molecule has 1 aliphatic carbocycles. The minimum atomic E-state index is -4.47. The number of hydrogen-bond acceptors (Lipinski definition) is 2. The van der Waals surface area contributed by atoms with Gasteiger partial charge in [-0.3, -0.25) is 9.48 Å². The molecule has 7 heteroatoms. The monoisotopic (exact) mass is 391 g/mol. The van der Waals surface area contributed by atoms with Crippen molar-refractivity contribution in [2.75, 3.05) is 13.1 Å². The number of carbonyl (C=O) groups excluding carboxylic acids is 1. The largest absolute Gasteiger partial charge is 0.435 e. The lowest BCUT2D eigenvalue weighted by molar-refractivity contribution is -0.142. The van der Waals surface area contributed by atoms with Crippen LogP contribution < -0.4 is 0 Å². The number of halogens is 3. The van der Waals surface area contributed by atoms with Gasteiger partial charge in [-0.25, -0.2) is 0 Å². The normalized spacial score (nSPS) is 19.7. The Morgan fingerprint density at radius 2 is 1.89 bits per heavy atom. The molecular formula is C21H24F3N3O. The zero-order valence-electron chi connectivity index (χ0n) is 15.9. The fraction of sp³-hybridized carbons (Fsp3) is 0.524. The van der Waals surface area contributed by atoms with Gasteiger partial charge < -0.3 is 4.90 Å². The fourth-order valence-electron chi connectivity index (χ4n) is 4.35. The van der Waals surface area contributed by atoms with Crippen molar-refractivity contribution in [3.63, 3.8) is 0 Å². The number of fused-ring (bicyclic) bond motifs is 1. The van der Waals surface area contributed by atoms with E-state index in [1.165, 1.54) is 15.8 Å². The number of rotatable bonds is 3. The summed E-state index contributed by atoms with van der Waals surface area (Å²) in [5.74, 6) is 0.126. The molecule has 0 bridgehead atoms. The summed E-state index contributed by atoms with van der Waals surface area (Å²) >= 11 is 0. The van der Waals surface area contributed by atoms with E-state index < -0.39 is 11.9 Å². The van der Waals surface area contributed by atoms with Gasteiger partial charge in [0.15, 0.2) is 5.69 Å². The number of benzene rings is 1. The van der Waals surface area contributed by atoms with Crippen molar-refractivity contribution in [3.05, 3.63) is 52.3 Å². The summed E-state index contributed by atoms with van der Waals surface area (Å²) in [6.07, 6.45) is -1.08. The number of likely N-dealkylation sites (tertiary alicyclic amines) is 1. The molecule has 0 radical (unpaired) electrons. The lowest BCUT2D eigenvalue weighted by Gasteiger charge is -2.19. The van der Waals surface area contributed by atoms with Crippen LogP contribution in [0.5, 0.6) is 0 Å². The van der Waals surface area contributed by atoms with Crippen LogP contribution >= 0.6 is 0 Å². The van der Waals surface area contributed by atoms with Crippen LogP contribution in [0.15, 0.2) is 24.3 Å². The van der Waals surface area contributed by atoms with Crippen LogP contribution in [0.1, 0.15) is 53.3 Å². The van der Waals surface area contributed by atoms with Gasteiger partial charge >= 0.3 is 6.18 Å². The van der Waals surface area contributed by atoms with E-state index in [0.717, 1.165) is 19.3 Å². The van der Waals surface area contributed by atoms with Crippen molar-refractivity contribution >= 4 is 5.91 Å². The standard InChI is InChI=1S/C21H24F3N3O/c1-14-6-8-15(9-7-14)16-10-11-26(12-16)19(28)13-27-18-5-3-2-4-17(18)20(25-27)21(22,23)24/h6-9,16H,2-5,10-13H2,1H3. The second-order valence-electron chi connectivity index (χ2n) is 7.87. The summed E-state index contributed by atoms with van der Waals surface area (Å²) < 4.78 is 41.3. The minimum Gasteiger partial charge on any atom is -0.340 e. The topological polar surface area (TPSA) is 38.1 Å². The average molecular weight is 391 g/mol. The van der Waals surface area contributed by atoms with E-state index in [1.807, 2.05) is 6.92 Å². The highest BCUT2D eigenvalue weighted by Gasteiger charge is 2.40. The van der Waals surface area contributed by atoms with Gasteiger partial charge in [0, 0.05) is 30.3 Å². The van der Waals surface area contributed by atoms with Gasteiger partial charge in [-0.2, -0.15) is 18.3 Å². The maximum absolute atomic E-state index is 13.3. The van der Waals surface area contributed by atoms with Gasteiger partial charge in [-0.1, -0.05) is 29.8 Å². The van der Waals surface area contributed by atoms with E-state index in [1.54, 1.807) is 4.90 Å². The molecule has 2 heterocycles. The number of amides is 1. The summed E-state index contributed by atoms with van der Waals surface area (Å²) in [5, 5.41) is 3.81. The third-order valence-electron chi connectivity index (χ3n) is 5.90. The number of aryl methyl sites for hydroxylation is 1. The molecule has 1 atom stereocenters. The Labute approximate surface area is 162 Å². The molecule has 1 unspecified atom stereocenters. The first-order valence-electron chi connectivity index (χ1n) is 9.83. The van der Waals surface area contributed by atoms with E-state index in [-0.39, 0.29) is 23.9 Å². The summed E-state index contributed by atoms with van der Waals surface area (Å²) in [7, 11) is 0. The second-order valence-corrected chi connectivity index (χ2v) is 7.87. The van der Waals surface area contributed by atoms with Crippen LogP contribution in [-0.4, -0.2) is 33.7 Å². The number of alkyl halides is 3. The molecule has 2 aliphatic rings. The first kappa shape index (κ1) is 19.0. The number of nitrogens with zero attached hydrogens (tertiary/aromatic N) is 3. The minimum absolute atomic E-state index is 0.112. The van der Waals surface area contributed by atoms with Crippen molar-refractivity contribution in [1.29, 1.82) is 0 Å². The summed E-state index contributed by atoms with van der Waals surface area (Å²) in [6.45, 7) is 3.16. The van der Waals surface area contributed by atoms with E-state index in [2.05, 4.69) is 29.4 Å². The first-order valence-corrected chi connectivity index (χ1v) is 9.83. The van der Waals surface area contributed by atoms with Crippen molar-refractivity contribution < 1.29 is 18.0 Å². The molecular weight excluding hydrogens is 367 g/mol. The van der Waals surface area contributed by atoms with Gasteiger partial charge in [0.1, 0.15) is 6.54 Å². The van der Waals surface area contributed by atoms with Crippen LogP contribution in [0, 0.1) is 6.92 Å². The number of hydrogen-bond donors (Lipinski definition) is 0. The van der Waals surface area contributed by atoms with Gasteiger partial charge in [-0.15, -0.1) is 0 Å². The van der Waals surface area contributed by atoms with Crippen LogP contribution in [0.25, 0.3) is 0 Å². The third kappa shape index (κ3) is 3.66. The molecule has 4 nitrogen and oxygen atoms in total. The molecule has 1 aromatic carbocycles. The Bertz CT molecular complexity index is 870. The van der Waals surface area contributed by atoms with E-state index >= 15 is 0 Å². The Kier molecular flexibility index (Phi) is 4.93. The third-order valence-corrected chi connectivity index (χ3v) is 5.90. The SMILES string of the molecule is Cc1ccc(C2CCN(C(=O)Cn3nc(C(F)(F)F)c4c3CCCC4)C2)cc1. The molecule has 150 valence electrons. The van der Waals surface area contributed by atoms with Crippen molar-refractivity contribution in [3.8, 4) is 0 Å². The second kappa shape index (κ2) is 7.26. The molecule has 1 aliphatic heterocycles. The maximum Gasteiger partial charge on any atom is 0.435 e. The molecule has 2 aromatic rings. The summed E-state index contributed by atoms with van der Waals surface area (Å²) in [5.41, 5.74) is 2.45. The maximum atomic E-state index is 13.3. The molecule has 1 fully saturated rings. The molecule has 4 rings (SSSR count). The van der Waals surface area contributed by atoms with E-state index in [0.29, 0.717) is 31.6 Å². The van der Waals surface area contributed by atoms with Gasteiger partial charge in [0.25, 0.3) is 0 Å². The predicted molar refractivity (Wildman–Crippen MR) is 99.0 cm³/mol. The van der Waals surface area contributed by atoms with Crippen LogP contribution in [0.4, 0.5) is 13.2 Å². The van der Waals surface area contributed by atoms with Crippen LogP contribution in [0.3, 0.4) is 0 Å². The van der Waals surface area contributed by atoms with Crippen molar-refractivity contribution in [2.24, 2.45) is 0 Å². The van der Waals surface area contributed by atoms with Gasteiger partial charge in [-0.05, 0) is 44.6 Å². The molecule has 0 N–H and O–H groups in total. The Hall–Kier alpha value is -2.31. The fourth-order valence-corrected chi connectivity index (χ4v) is 4.35. The molecule has 28 heavy (non-hydrogen) atoms. The van der Waals surface area contributed by atoms with Crippen molar-refractivity contribution in [2.45, 2.75) is 57.7 Å². The molecule has 1 amide bonds. The highest BCUT2D eigenvalue weighted by atomic mass is 19.4. The molecule has 1 saturated heterocycles. The molecule has 0 saturated carbocycles. The van der Waals surface area contributed by atoms with Gasteiger partial charge in [0.2, 0.25) is 5.91 Å². The zero-order valence-corrected chi connectivity index (χ0v) is 15.9. The zero-order chi connectivity index (χ0) is 19.9. The van der Waals surface area contributed by atoms with Gasteiger partial charge in [0.05, 0.1) is 0 Å². The molecule has 1 aromatic heterocycles. The lowest BCUT2D eigenvalue weighted by Crippen LogP contribution is -2.32. The lowest BCUT2D eigenvalue weighted by atomic mass is 9.95. The summed E-state index contributed by atoms with van der Waals surface area (Å²) in [4.78, 5) is 14.5. The Morgan fingerprint density at radius 1 is 1.18 bits per heavy atom. The Balaban J connectivity index is 1.48.